The van der Waals surface area contributed by atoms with Crippen LogP contribution in [0.15, 0.2) is 36.4 Å². The Bertz CT molecular complexity index is 812. The minimum atomic E-state index is -4.81. The van der Waals surface area contributed by atoms with Gasteiger partial charge in [-0.25, -0.2) is 0 Å². The molecule has 3 N–H and O–H groups in total. The van der Waals surface area contributed by atoms with E-state index in [-0.39, 0.29) is 12.2 Å². The Kier molecular flexibility index (Phi) is 4.66. The highest BCUT2D eigenvalue weighted by Gasteiger charge is 2.49. The number of alkyl halides is 3. The van der Waals surface area contributed by atoms with E-state index < -0.39 is 28.7 Å². The Morgan fingerprint density at radius 1 is 1.12 bits per heavy atom. The number of halogens is 3. The first-order chi connectivity index (χ1) is 12.3. The number of ether oxygens (including phenoxy) is 1. The van der Waals surface area contributed by atoms with Crippen LogP contribution in [0.3, 0.4) is 0 Å². The van der Waals surface area contributed by atoms with Crippen molar-refractivity contribution < 1.29 is 27.8 Å². The molecule has 3 rings (SSSR count). The monoisotopic (exact) mass is 365 g/mol. The molecule has 1 aliphatic carbocycles. The highest BCUT2D eigenvalue weighted by molar-refractivity contribution is 5.76. The summed E-state index contributed by atoms with van der Waals surface area (Å²) in [6, 6.07) is 9.47. The average molecular weight is 365 g/mol. The molecule has 0 bridgehead atoms. The molecule has 138 valence electrons. The third-order valence-corrected chi connectivity index (χ3v) is 4.63. The fourth-order valence-electron chi connectivity index (χ4n) is 2.89. The molecule has 1 fully saturated rings. The lowest BCUT2D eigenvalue weighted by atomic mass is 9.93. The van der Waals surface area contributed by atoms with E-state index in [1.807, 2.05) is 0 Å². The van der Waals surface area contributed by atoms with Crippen molar-refractivity contribution in [3.05, 3.63) is 58.7 Å². The van der Waals surface area contributed by atoms with Crippen LogP contribution in [-0.2, 0) is 29.5 Å². The number of phenols is 1. The highest BCUT2D eigenvalue weighted by Crippen LogP contribution is 2.54. The maximum absolute atomic E-state index is 13.5. The second-order valence-corrected chi connectivity index (χ2v) is 6.42. The van der Waals surface area contributed by atoms with Gasteiger partial charge in [-0.05, 0) is 30.0 Å². The zero-order valence-corrected chi connectivity index (χ0v) is 13.8. The predicted octanol–water partition coefficient (Wildman–Crippen LogP) is 3.68. The van der Waals surface area contributed by atoms with Crippen molar-refractivity contribution in [1.29, 1.82) is 0 Å². The lowest BCUT2D eigenvalue weighted by molar-refractivity contribution is -0.140. The largest absolute Gasteiger partial charge is 0.507 e. The second kappa shape index (κ2) is 6.64. The Balaban J connectivity index is 1.91. The van der Waals surface area contributed by atoms with Crippen LogP contribution in [0, 0.1) is 0 Å². The maximum Gasteiger partial charge on any atom is 0.423 e. The van der Waals surface area contributed by atoms with Crippen molar-refractivity contribution in [2.24, 2.45) is 5.73 Å². The van der Waals surface area contributed by atoms with Crippen LogP contribution in [0.1, 0.15) is 35.1 Å². The zero-order chi connectivity index (χ0) is 18.9. The quantitative estimate of drug-likeness (QED) is 0.766. The molecular formula is C19H18F3NO3. The topological polar surface area (TPSA) is 72.5 Å². The van der Waals surface area contributed by atoms with Crippen LogP contribution < -0.4 is 10.5 Å². The standard InChI is InChI=1S/C19H18F3NO3/c20-19(21,22)16-15(26-10-13-3-1-12(9-23)2-4-13)6-5-14(17(16)25)18(11-24)7-8-18/h1-6,11,25H,7-10,23H2. The minimum absolute atomic E-state index is 0.000487. The lowest BCUT2D eigenvalue weighted by Crippen LogP contribution is -2.14. The summed E-state index contributed by atoms with van der Waals surface area (Å²) in [5.74, 6) is -1.40. The highest BCUT2D eigenvalue weighted by atomic mass is 19.4. The summed E-state index contributed by atoms with van der Waals surface area (Å²) in [5.41, 5.74) is 4.81. The van der Waals surface area contributed by atoms with Crippen LogP contribution in [0.25, 0.3) is 0 Å². The first kappa shape index (κ1) is 18.3. The number of carbonyl (C=O) groups excluding carboxylic acids is 1. The van der Waals surface area contributed by atoms with Crippen LogP contribution in [0.5, 0.6) is 11.5 Å². The van der Waals surface area contributed by atoms with E-state index in [0.717, 1.165) is 11.6 Å². The fourth-order valence-corrected chi connectivity index (χ4v) is 2.89. The normalized spacial score (nSPS) is 15.5. The summed E-state index contributed by atoms with van der Waals surface area (Å²) in [6.45, 7) is 0.277. The van der Waals surface area contributed by atoms with Gasteiger partial charge in [0.1, 0.15) is 30.0 Å². The number of hydrogen-bond donors (Lipinski definition) is 2. The van der Waals surface area contributed by atoms with Crippen LogP contribution >= 0.6 is 0 Å². The first-order valence-electron chi connectivity index (χ1n) is 8.11. The summed E-state index contributed by atoms with van der Waals surface area (Å²) in [5, 5.41) is 10.2. The van der Waals surface area contributed by atoms with Crippen LogP contribution in [0.4, 0.5) is 13.2 Å². The van der Waals surface area contributed by atoms with Gasteiger partial charge in [-0.2, -0.15) is 13.2 Å². The van der Waals surface area contributed by atoms with Gasteiger partial charge in [-0.1, -0.05) is 30.3 Å². The molecule has 1 aliphatic rings. The molecular weight excluding hydrogens is 347 g/mol. The van der Waals surface area contributed by atoms with E-state index in [9.17, 15) is 23.1 Å². The van der Waals surface area contributed by atoms with E-state index in [1.54, 1.807) is 24.3 Å². The molecule has 0 spiro atoms. The Hall–Kier alpha value is -2.54. The van der Waals surface area contributed by atoms with Crippen molar-refractivity contribution in [3.8, 4) is 11.5 Å². The molecule has 26 heavy (non-hydrogen) atoms. The number of aldehydes is 1. The van der Waals surface area contributed by atoms with Gasteiger partial charge in [0, 0.05) is 12.1 Å². The molecule has 0 aromatic heterocycles. The molecule has 0 heterocycles. The molecule has 0 saturated heterocycles. The molecule has 0 atom stereocenters. The molecule has 0 amide bonds. The van der Waals surface area contributed by atoms with Gasteiger partial charge in [0.25, 0.3) is 0 Å². The van der Waals surface area contributed by atoms with Gasteiger partial charge >= 0.3 is 6.18 Å². The van der Waals surface area contributed by atoms with Gasteiger partial charge in [0.15, 0.2) is 0 Å². The van der Waals surface area contributed by atoms with Crippen molar-refractivity contribution in [2.45, 2.75) is 37.6 Å². The average Bonchev–Trinajstić information content (AvgIpc) is 3.40. The van der Waals surface area contributed by atoms with Gasteiger partial charge in [-0.15, -0.1) is 0 Å². The number of nitrogens with two attached hydrogens (primary N) is 1. The van der Waals surface area contributed by atoms with Gasteiger partial charge in [0.05, 0.1) is 5.41 Å². The molecule has 1 saturated carbocycles. The molecule has 0 radical (unpaired) electrons. The van der Waals surface area contributed by atoms with Crippen molar-refractivity contribution >= 4 is 6.29 Å². The Labute approximate surface area is 148 Å². The third-order valence-electron chi connectivity index (χ3n) is 4.63. The van der Waals surface area contributed by atoms with E-state index in [1.165, 1.54) is 6.07 Å². The summed E-state index contributed by atoms with van der Waals surface area (Å²) < 4.78 is 45.8. The number of aromatic hydroxyl groups is 1. The number of benzene rings is 2. The van der Waals surface area contributed by atoms with Crippen molar-refractivity contribution in [3.63, 3.8) is 0 Å². The summed E-state index contributed by atoms with van der Waals surface area (Å²) >= 11 is 0. The van der Waals surface area contributed by atoms with E-state index in [4.69, 9.17) is 10.5 Å². The predicted molar refractivity (Wildman–Crippen MR) is 88.8 cm³/mol. The number of carbonyl (C=O) groups is 1. The van der Waals surface area contributed by atoms with Crippen LogP contribution in [0.2, 0.25) is 0 Å². The Morgan fingerprint density at radius 2 is 1.73 bits per heavy atom. The fraction of sp³-hybridized carbons (Fsp3) is 0.316. The molecule has 4 nitrogen and oxygen atoms in total. The third kappa shape index (κ3) is 3.39. The first-order valence-corrected chi connectivity index (χ1v) is 8.11. The number of hydrogen-bond acceptors (Lipinski definition) is 4. The summed E-state index contributed by atoms with van der Waals surface area (Å²) in [7, 11) is 0. The lowest BCUT2D eigenvalue weighted by Gasteiger charge is -2.19. The summed E-state index contributed by atoms with van der Waals surface area (Å²) in [4.78, 5) is 11.2. The Morgan fingerprint density at radius 3 is 2.23 bits per heavy atom. The van der Waals surface area contributed by atoms with E-state index >= 15 is 0 Å². The van der Waals surface area contributed by atoms with Gasteiger partial charge < -0.3 is 20.4 Å². The minimum Gasteiger partial charge on any atom is -0.507 e. The molecule has 7 heteroatoms. The van der Waals surface area contributed by atoms with Gasteiger partial charge in [-0.3, -0.25) is 0 Å². The van der Waals surface area contributed by atoms with Crippen molar-refractivity contribution in [2.75, 3.05) is 0 Å². The SMILES string of the molecule is NCc1ccc(COc2ccc(C3(C=O)CC3)c(O)c2C(F)(F)F)cc1. The number of rotatable bonds is 6. The van der Waals surface area contributed by atoms with E-state index in [2.05, 4.69) is 0 Å². The number of phenolic OH excluding ortho intramolecular Hbond substituents is 1. The molecule has 2 aromatic carbocycles. The smallest absolute Gasteiger partial charge is 0.423 e. The maximum atomic E-state index is 13.5. The zero-order valence-electron chi connectivity index (χ0n) is 13.8. The molecule has 0 unspecified atom stereocenters. The molecule has 0 aliphatic heterocycles. The second-order valence-electron chi connectivity index (χ2n) is 6.42. The van der Waals surface area contributed by atoms with Crippen molar-refractivity contribution in [1.82, 2.24) is 0 Å². The van der Waals surface area contributed by atoms with Gasteiger partial charge in [0.2, 0.25) is 0 Å². The van der Waals surface area contributed by atoms with Crippen LogP contribution in [-0.4, -0.2) is 11.4 Å². The molecule has 2 aromatic rings. The van der Waals surface area contributed by atoms with E-state index in [0.29, 0.717) is 31.2 Å². The summed E-state index contributed by atoms with van der Waals surface area (Å²) in [6.07, 6.45) is -3.36.